The van der Waals surface area contributed by atoms with Crippen LogP contribution in [0, 0.1) is 13.8 Å². The lowest BCUT2D eigenvalue weighted by Crippen LogP contribution is -2.40. The molecule has 0 amide bonds. The zero-order valence-electron chi connectivity index (χ0n) is 12.0. The molecule has 1 N–H and O–H groups in total. The zero-order chi connectivity index (χ0) is 13.1. The van der Waals surface area contributed by atoms with Crippen LogP contribution in [0.5, 0.6) is 0 Å². The molecule has 4 nitrogen and oxygen atoms in total. The van der Waals surface area contributed by atoms with E-state index in [1.165, 1.54) is 12.8 Å². The summed E-state index contributed by atoms with van der Waals surface area (Å²) in [5.74, 6) is 1.78. The molecular weight excluding hydrogens is 226 g/mol. The summed E-state index contributed by atoms with van der Waals surface area (Å²) in [5.41, 5.74) is 1.01. The maximum atomic E-state index is 5.69. The molecule has 1 aliphatic rings. The van der Waals surface area contributed by atoms with Gasteiger partial charge < -0.3 is 9.73 Å². The highest BCUT2D eigenvalue weighted by Crippen LogP contribution is 2.15. The van der Waals surface area contributed by atoms with E-state index in [1.54, 1.807) is 0 Å². The van der Waals surface area contributed by atoms with Crippen molar-refractivity contribution < 1.29 is 4.42 Å². The SMILES string of the molecule is Cc1nc(CN(CC2CCCN2)C(C)C)oc1C. The van der Waals surface area contributed by atoms with Gasteiger partial charge in [-0.15, -0.1) is 0 Å². The average Bonchev–Trinajstić information content (AvgIpc) is 2.89. The molecule has 1 aromatic rings. The van der Waals surface area contributed by atoms with Crippen LogP contribution in [0.2, 0.25) is 0 Å². The summed E-state index contributed by atoms with van der Waals surface area (Å²) < 4.78 is 5.69. The fraction of sp³-hybridized carbons (Fsp3) is 0.786. The largest absolute Gasteiger partial charge is 0.444 e. The molecule has 0 bridgehead atoms. The highest BCUT2D eigenvalue weighted by Gasteiger charge is 2.21. The second-order valence-electron chi connectivity index (χ2n) is 5.57. The van der Waals surface area contributed by atoms with Crippen LogP contribution in [0.1, 0.15) is 44.0 Å². The molecule has 0 spiro atoms. The van der Waals surface area contributed by atoms with Crippen molar-refractivity contribution in [3.05, 3.63) is 17.3 Å². The lowest BCUT2D eigenvalue weighted by molar-refractivity contribution is 0.176. The number of oxazole rings is 1. The van der Waals surface area contributed by atoms with E-state index < -0.39 is 0 Å². The fourth-order valence-corrected chi connectivity index (χ4v) is 2.43. The van der Waals surface area contributed by atoms with Crippen molar-refractivity contribution >= 4 is 0 Å². The van der Waals surface area contributed by atoms with E-state index in [1.807, 2.05) is 13.8 Å². The number of nitrogens with one attached hydrogen (secondary N) is 1. The van der Waals surface area contributed by atoms with Gasteiger partial charge in [0.15, 0.2) is 0 Å². The quantitative estimate of drug-likeness (QED) is 0.871. The first-order valence-corrected chi connectivity index (χ1v) is 6.96. The van der Waals surface area contributed by atoms with E-state index in [4.69, 9.17) is 4.42 Å². The lowest BCUT2D eigenvalue weighted by Gasteiger charge is -2.28. The summed E-state index contributed by atoms with van der Waals surface area (Å²) >= 11 is 0. The first kappa shape index (κ1) is 13.6. The summed E-state index contributed by atoms with van der Waals surface area (Å²) in [4.78, 5) is 6.92. The molecule has 0 saturated carbocycles. The molecule has 1 aliphatic heterocycles. The monoisotopic (exact) mass is 251 g/mol. The first-order valence-electron chi connectivity index (χ1n) is 6.96. The van der Waals surface area contributed by atoms with Gasteiger partial charge in [0.25, 0.3) is 0 Å². The van der Waals surface area contributed by atoms with Gasteiger partial charge in [-0.3, -0.25) is 4.90 Å². The van der Waals surface area contributed by atoms with E-state index in [9.17, 15) is 0 Å². The van der Waals surface area contributed by atoms with Gasteiger partial charge in [-0.2, -0.15) is 0 Å². The van der Waals surface area contributed by atoms with Crippen molar-refractivity contribution in [3.63, 3.8) is 0 Å². The molecule has 1 saturated heterocycles. The smallest absolute Gasteiger partial charge is 0.208 e. The maximum Gasteiger partial charge on any atom is 0.208 e. The molecular formula is C14H25N3O. The maximum absolute atomic E-state index is 5.69. The lowest BCUT2D eigenvalue weighted by atomic mass is 10.2. The Morgan fingerprint density at radius 2 is 2.22 bits per heavy atom. The van der Waals surface area contributed by atoms with Crippen LogP contribution in [-0.2, 0) is 6.54 Å². The highest BCUT2D eigenvalue weighted by atomic mass is 16.4. The standard InChI is InChI=1S/C14H25N3O/c1-10(2)17(8-13-6-5-7-15-13)9-14-16-11(3)12(4)18-14/h10,13,15H,5-9H2,1-4H3. The number of nitrogens with zero attached hydrogens (tertiary/aromatic N) is 2. The summed E-state index contributed by atoms with van der Waals surface area (Å²) in [6.07, 6.45) is 2.58. The molecule has 0 aromatic carbocycles. The van der Waals surface area contributed by atoms with Crippen LogP contribution in [0.4, 0.5) is 0 Å². The Balaban J connectivity index is 1.96. The minimum atomic E-state index is 0.514. The third-order valence-corrected chi connectivity index (χ3v) is 3.76. The van der Waals surface area contributed by atoms with E-state index in [0.717, 1.165) is 37.0 Å². The summed E-state index contributed by atoms with van der Waals surface area (Å²) in [7, 11) is 0. The van der Waals surface area contributed by atoms with Crippen LogP contribution in [0.25, 0.3) is 0 Å². The number of hydrogen-bond acceptors (Lipinski definition) is 4. The topological polar surface area (TPSA) is 41.3 Å². The third kappa shape index (κ3) is 3.33. The van der Waals surface area contributed by atoms with Crippen molar-refractivity contribution in [1.82, 2.24) is 15.2 Å². The van der Waals surface area contributed by atoms with Crippen LogP contribution < -0.4 is 5.32 Å². The average molecular weight is 251 g/mol. The van der Waals surface area contributed by atoms with Gasteiger partial charge in [-0.25, -0.2) is 4.98 Å². The Labute approximate surface area is 110 Å². The summed E-state index contributed by atoms with van der Waals surface area (Å²) in [6.45, 7) is 11.5. The van der Waals surface area contributed by atoms with Gasteiger partial charge in [-0.1, -0.05) is 0 Å². The van der Waals surface area contributed by atoms with E-state index in [0.29, 0.717) is 12.1 Å². The van der Waals surface area contributed by atoms with Crippen molar-refractivity contribution in [2.45, 2.75) is 59.2 Å². The molecule has 1 fully saturated rings. The molecule has 2 rings (SSSR count). The molecule has 1 aromatic heterocycles. The predicted octanol–water partition coefficient (Wildman–Crippen LogP) is 2.25. The molecule has 0 radical (unpaired) electrons. The van der Waals surface area contributed by atoms with Crippen molar-refractivity contribution in [2.24, 2.45) is 0 Å². The Bertz CT molecular complexity index is 361. The minimum Gasteiger partial charge on any atom is -0.444 e. The normalized spacial score (nSPS) is 20.2. The summed E-state index contributed by atoms with van der Waals surface area (Å²) in [5, 5.41) is 3.55. The second kappa shape index (κ2) is 5.85. The highest BCUT2D eigenvalue weighted by molar-refractivity contribution is 5.05. The van der Waals surface area contributed by atoms with Crippen LogP contribution in [0.3, 0.4) is 0 Å². The van der Waals surface area contributed by atoms with E-state index in [-0.39, 0.29) is 0 Å². The van der Waals surface area contributed by atoms with E-state index >= 15 is 0 Å². The molecule has 18 heavy (non-hydrogen) atoms. The van der Waals surface area contributed by atoms with Crippen molar-refractivity contribution in [2.75, 3.05) is 13.1 Å². The van der Waals surface area contributed by atoms with Crippen molar-refractivity contribution in [3.8, 4) is 0 Å². The summed E-state index contributed by atoms with van der Waals surface area (Å²) in [6, 6.07) is 1.14. The number of aromatic nitrogens is 1. The van der Waals surface area contributed by atoms with Crippen molar-refractivity contribution in [1.29, 1.82) is 0 Å². The molecule has 4 heteroatoms. The Kier molecular flexibility index (Phi) is 4.40. The zero-order valence-corrected chi connectivity index (χ0v) is 12.0. The van der Waals surface area contributed by atoms with Crippen LogP contribution in [-0.4, -0.2) is 35.1 Å². The van der Waals surface area contributed by atoms with Gasteiger partial charge >= 0.3 is 0 Å². The molecule has 1 atom stereocenters. The minimum absolute atomic E-state index is 0.514. The van der Waals surface area contributed by atoms with Gasteiger partial charge in [0, 0.05) is 18.6 Å². The van der Waals surface area contributed by atoms with Gasteiger partial charge in [0.05, 0.1) is 12.2 Å². The number of hydrogen-bond donors (Lipinski definition) is 1. The van der Waals surface area contributed by atoms with Gasteiger partial charge in [0.2, 0.25) is 5.89 Å². The molecule has 2 heterocycles. The molecule has 1 unspecified atom stereocenters. The molecule has 0 aliphatic carbocycles. The Hall–Kier alpha value is -0.870. The van der Waals surface area contributed by atoms with E-state index in [2.05, 4.69) is 29.0 Å². The van der Waals surface area contributed by atoms with Gasteiger partial charge in [-0.05, 0) is 47.1 Å². The first-order chi connectivity index (χ1) is 8.56. The van der Waals surface area contributed by atoms with Crippen LogP contribution in [0.15, 0.2) is 4.42 Å². The van der Waals surface area contributed by atoms with Gasteiger partial charge in [0.1, 0.15) is 5.76 Å². The number of aryl methyl sites for hydroxylation is 2. The fourth-order valence-electron chi connectivity index (χ4n) is 2.43. The van der Waals surface area contributed by atoms with Crippen LogP contribution >= 0.6 is 0 Å². The Morgan fingerprint density at radius 1 is 1.44 bits per heavy atom. The second-order valence-corrected chi connectivity index (χ2v) is 5.57. The predicted molar refractivity (Wildman–Crippen MR) is 72.5 cm³/mol. The third-order valence-electron chi connectivity index (χ3n) is 3.76. The molecule has 102 valence electrons. The number of rotatable bonds is 5. The Morgan fingerprint density at radius 3 is 2.72 bits per heavy atom.